The number of hydrogen-bond donors (Lipinski definition) is 1. The van der Waals surface area contributed by atoms with Crippen LogP contribution in [0.5, 0.6) is 0 Å². The van der Waals surface area contributed by atoms with Crippen LogP contribution in [0, 0.1) is 34.5 Å². The fraction of sp³-hybridized carbons (Fsp3) is 0.913. The van der Waals surface area contributed by atoms with Crippen LogP contribution in [0.1, 0.15) is 72.6 Å². The van der Waals surface area contributed by atoms with Crippen LogP contribution in [0.15, 0.2) is 12.2 Å². The summed E-state index contributed by atoms with van der Waals surface area (Å²) in [5.74, 6) is 2.18. The molecule has 4 unspecified atom stereocenters. The lowest BCUT2D eigenvalue weighted by Crippen LogP contribution is -2.63. The molecule has 5 aliphatic rings. The quantitative estimate of drug-likeness (QED) is 0.640. The summed E-state index contributed by atoms with van der Waals surface area (Å²) in [7, 11) is 0. The third-order valence-corrected chi connectivity index (χ3v) is 9.53. The van der Waals surface area contributed by atoms with Gasteiger partial charge in [0, 0.05) is 6.04 Å². The van der Waals surface area contributed by atoms with Gasteiger partial charge in [0.1, 0.15) is 0 Å². The molecule has 3 heteroatoms. The van der Waals surface area contributed by atoms with E-state index in [0.29, 0.717) is 34.6 Å². The Morgan fingerprint density at radius 2 is 1.65 bits per heavy atom. The van der Waals surface area contributed by atoms with Crippen molar-refractivity contribution in [2.45, 2.75) is 96.7 Å². The molecule has 5 fully saturated rings. The topological polar surface area (TPSA) is 44.5 Å². The van der Waals surface area contributed by atoms with Gasteiger partial charge in [0.05, 0.1) is 12.2 Å². The minimum Gasteiger partial charge on any atom is -0.344 e. The lowest BCUT2D eigenvalue weighted by Gasteiger charge is -2.63. The van der Waals surface area contributed by atoms with E-state index < -0.39 is 5.79 Å². The van der Waals surface area contributed by atoms with Gasteiger partial charge in [-0.3, -0.25) is 0 Å². The average molecular weight is 360 g/mol. The summed E-state index contributed by atoms with van der Waals surface area (Å²) in [6, 6.07) is 0.331. The predicted molar refractivity (Wildman–Crippen MR) is 103 cm³/mol. The molecule has 5 rings (SSSR count). The second kappa shape index (κ2) is 5.36. The minimum atomic E-state index is -0.462. The minimum absolute atomic E-state index is 0.221. The third kappa shape index (κ3) is 2.17. The molecule has 0 amide bonds. The zero-order valence-corrected chi connectivity index (χ0v) is 17.1. The van der Waals surface area contributed by atoms with Gasteiger partial charge in [-0.2, -0.15) is 0 Å². The molecular weight excluding hydrogens is 322 g/mol. The molecular formula is C23H37NO2. The van der Waals surface area contributed by atoms with Crippen LogP contribution in [0.25, 0.3) is 0 Å². The molecule has 4 aliphatic carbocycles. The highest BCUT2D eigenvalue weighted by atomic mass is 16.8. The van der Waals surface area contributed by atoms with Crippen LogP contribution in [0.4, 0.5) is 0 Å². The molecule has 1 heterocycles. The van der Waals surface area contributed by atoms with Crippen molar-refractivity contribution in [2.75, 3.05) is 0 Å². The largest absolute Gasteiger partial charge is 0.344 e. The first-order valence-corrected chi connectivity index (χ1v) is 11.0. The van der Waals surface area contributed by atoms with Crippen LogP contribution in [0.3, 0.4) is 0 Å². The fourth-order valence-electron chi connectivity index (χ4n) is 8.12. The average Bonchev–Trinajstić information content (AvgIpc) is 3.05. The Balaban J connectivity index is 1.59. The maximum absolute atomic E-state index is 6.65. The molecule has 2 N–H and O–H groups in total. The van der Waals surface area contributed by atoms with Crippen molar-refractivity contribution < 1.29 is 9.47 Å². The highest BCUT2D eigenvalue weighted by molar-refractivity contribution is 5.23. The van der Waals surface area contributed by atoms with Crippen molar-refractivity contribution in [1.29, 1.82) is 0 Å². The lowest BCUT2D eigenvalue weighted by atomic mass is 9.43. The molecule has 0 aromatic carbocycles. The van der Waals surface area contributed by atoms with E-state index in [1.54, 1.807) is 0 Å². The van der Waals surface area contributed by atoms with E-state index in [-0.39, 0.29) is 12.2 Å². The Kier molecular flexibility index (Phi) is 3.65. The molecule has 0 aromatic rings. The van der Waals surface area contributed by atoms with Crippen molar-refractivity contribution in [3.63, 3.8) is 0 Å². The van der Waals surface area contributed by atoms with Crippen LogP contribution >= 0.6 is 0 Å². The first-order valence-electron chi connectivity index (χ1n) is 11.0. The zero-order valence-electron chi connectivity index (χ0n) is 17.1. The number of rotatable bonds is 0. The molecule has 146 valence electrons. The smallest absolute Gasteiger partial charge is 0.163 e. The van der Waals surface area contributed by atoms with Gasteiger partial charge in [-0.25, -0.2) is 0 Å². The van der Waals surface area contributed by atoms with E-state index in [1.165, 1.54) is 44.1 Å². The number of ether oxygens (including phenoxy) is 2. The third-order valence-electron chi connectivity index (χ3n) is 9.53. The Bertz CT molecular complexity index is 630. The number of hydrogen-bond acceptors (Lipinski definition) is 3. The highest BCUT2D eigenvalue weighted by Crippen LogP contribution is 2.69. The first-order chi connectivity index (χ1) is 12.2. The molecule has 1 saturated heterocycles. The standard InChI is InChI=1S/C23H37NO2/c1-13-6-7-15-18-16(9-11-22(13,15)4)23(5)10-8-14(24)12-17(23)19-20(18)26-21(2,3)25-19/h14-20H,1,6-12,24H2,2-5H3/t14-,15?,16?,17?,18?,19-,20-,22-,23-/m1/s1. The van der Waals surface area contributed by atoms with Crippen LogP contribution in [0.2, 0.25) is 0 Å². The summed E-state index contributed by atoms with van der Waals surface area (Å²) in [6.07, 6.45) is 9.15. The van der Waals surface area contributed by atoms with E-state index in [1.807, 2.05) is 0 Å². The van der Waals surface area contributed by atoms with Gasteiger partial charge in [0.15, 0.2) is 5.79 Å². The Hall–Kier alpha value is -0.380. The maximum Gasteiger partial charge on any atom is 0.163 e. The SMILES string of the molecule is C=C1CCC2C3C(CC[C@]12C)[C@@]1(C)CC[C@@H](N)CC1[C@H]1OC(C)(C)O[C@H]31. The maximum atomic E-state index is 6.65. The van der Waals surface area contributed by atoms with Gasteiger partial charge in [-0.05, 0) is 93.3 Å². The van der Waals surface area contributed by atoms with E-state index in [4.69, 9.17) is 15.2 Å². The Morgan fingerprint density at radius 3 is 2.42 bits per heavy atom. The van der Waals surface area contributed by atoms with Gasteiger partial charge in [-0.15, -0.1) is 0 Å². The van der Waals surface area contributed by atoms with E-state index in [2.05, 4.69) is 34.3 Å². The molecule has 9 atom stereocenters. The second-order valence-corrected chi connectivity index (χ2v) is 11.1. The second-order valence-electron chi connectivity index (χ2n) is 11.1. The van der Waals surface area contributed by atoms with Crippen molar-refractivity contribution in [2.24, 2.45) is 40.2 Å². The molecule has 0 spiro atoms. The van der Waals surface area contributed by atoms with Crippen molar-refractivity contribution in [1.82, 2.24) is 0 Å². The number of allylic oxidation sites excluding steroid dienone is 1. The first kappa shape index (κ1) is 17.7. The predicted octanol–water partition coefficient (Wildman–Crippen LogP) is 4.65. The van der Waals surface area contributed by atoms with Crippen LogP contribution in [-0.4, -0.2) is 24.0 Å². The molecule has 0 bridgehead atoms. The number of fused-ring (bicyclic) bond motifs is 8. The summed E-state index contributed by atoms with van der Waals surface area (Å²) < 4.78 is 13.2. The van der Waals surface area contributed by atoms with Gasteiger partial charge in [0.25, 0.3) is 0 Å². The van der Waals surface area contributed by atoms with Crippen LogP contribution < -0.4 is 5.73 Å². The monoisotopic (exact) mass is 359 g/mol. The summed E-state index contributed by atoms with van der Waals surface area (Å²) >= 11 is 0. The summed E-state index contributed by atoms with van der Waals surface area (Å²) in [5.41, 5.74) is 8.60. The van der Waals surface area contributed by atoms with E-state index >= 15 is 0 Å². The molecule has 4 saturated carbocycles. The molecule has 26 heavy (non-hydrogen) atoms. The van der Waals surface area contributed by atoms with E-state index in [9.17, 15) is 0 Å². The number of nitrogens with two attached hydrogens (primary N) is 1. The molecule has 3 nitrogen and oxygen atoms in total. The molecule has 0 aromatic heterocycles. The van der Waals surface area contributed by atoms with Crippen molar-refractivity contribution in [3.8, 4) is 0 Å². The van der Waals surface area contributed by atoms with Gasteiger partial charge in [-0.1, -0.05) is 26.0 Å². The van der Waals surface area contributed by atoms with Crippen LogP contribution in [-0.2, 0) is 9.47 Å². The Morgan fingerprint density at radius 1 is 0.923 bits per heavy atom. The Labute approximate surface area is 159 Å². The summed E-state index contributed by atoms with van der Waals surface area (Å²) in [4.78, 5) is 0. The molecule has 1 aliphatic heterocycles. The normalized spacial score (nSPS) is 57.9. The molecule has 0 radical (unpaired) electrons. The lowest BCUT2D eigenvalue weighted by molar-refractivity contribution is -0.173. The zero-order chi connectivity index (χ0) is 18.5. The van der Waals surface area contributed by atoms with E-state index in [0.717, 1.165) is 12.3 Å². The van der Waals surface area contributed by atoms with Gasteiger partial charge < -0.3 is 15.2 Å². The fourth-order valence-corrected chi connectivity index (χ4v) is 8.12. The van der Waals surface area contributed by atoms with Crippen molar-refractivity contribution in [3.05, 3.63) is 12.2 Å². The van der Waals surface area contributed by atoms with Gasteiger partial charge >= 0.3 is 0 Å². The van der Waals surface area contributed by atoms with Crippen molar-refractivity contribution >= 4 is 0 Å². The van der Waals surface area contributed by atoms with Gasteiger partial charge in [0.2, 0.25) is 0 Å². The summed E-state index contributed by atoms with van der Waals surface area (Å²) in [6.45, 7) is 13.8. The summed E-state index contributed by atoms with van der Waals surface area (Å²) in [5, 5.41) is 0. The highest BCUT2D eigenvalue weighted by Gasteiger charge is 2.67.